The third-order valence-corrected chi connectivity index (χ3v) is 5.84. The normalized spacial score (nSPS) is 26.6. The topological polar surface area (TPSA) is 94.1 Å². The van der Waals surface area contributed by atoms with Gasteiger partial charge in [-0.05, 0) is 19.3 Å². The van der Waals surface area contributed by atoms with Crippen molar-refractivity contribution in [1.82, 2.24) is 14.8 Å². The third-order valence-electron chi connectivity index (χ3n) is 4.09. The lowest BCUT2D eigenvalue weighted by molar-refractivity contribution is 0.505. The number of sulfone groups is 1. The molecule has 0 aromatic carbocycles. The van der Waals surface area contributed by atoms with E-state index in [-0.39, 0.29) is 17.5 Å². The third kappa shape index (κ3) is 2.74. The van der Waals surface area contributed by atoms with Gasteiger partial charge in [0, 0.05) is 13.1 Å². The minimum Gasteiger partial charge on any atom is -0.368 e. The molecule has 2 aliphatic rings. The molecule has 0 spiro atoms. The van der Waals surface area contributed by atoms with Gasteiger partial charge in [-0.25, -0.2) is 13.1 Å². The SMILES string of the molecule is Nc1nc(N2CCCCCC2)nn1C1CCS(=O)(=O)C1. The Balaban J connectivity index is 1.80. The second-order valence-electron chi connectivity index (χ2n) is 5.67. The van der Waals surface area contributed by atoms with Crippen LogP contribution >= 0.6 is 0 Å². The average molecular weight is 299 g/mol. The Labute approximate surface area is 119 Å². The molecule has 0 radical (unpaired) electrons. The molecule has 1 atom stereocenters. The molecule has 2 aliphatic heterocycles. The lowest BCUT2D eigenvalue weighted by atomic mass is 10.2. The maximum Gasteiger partial charge on any atom is 0.246 e. The van der Waals surface area contributed by atoms with Gasteiger partial charge in [0.15, 0.2) is 9.84 Å². The van der Waals surface area contributed by atoms with E-state index in [1.165, 1.54) is 12.8 Å². The summed E-state index contributed by atoms with van der Waals surface area (Å²) in [7, 11) is -2.94. The van der Waals surface area contributed by atoms with Crippen molar-refractivity contribution in [2.75, 3.05) is 35.2 Å². The van der Waals surface area contributed by atoms with Crippen LogP contribution in [0.15, 0.2) is 0 Å². The van der Waals surface area contributed by atoms with Crippen LogP contribution in [0, 0.1) is 0 Å². The molecule has 0 amide bonds. The van der Waals surface area contributed by atoms with Gasteiger partial charge >= 0.3 is 0 Å². The van der Waals surface area contributed by atoms with Crippen LogP contribution in [0.3, 0.4) is 0 Å². The molecule has 20 heavy (non-hydrogen) atoms. The van der Waals surface area contributed by atoms with Crippen LogP contribution in [0.1, 0.15) is 38.1 Å². The van der Waals surface area contributed by atoms with Crippen LogP contribution in [0.4, 0.5) is 11.9 Å². The zero-order valence-corrected chi connectivity index (χ0v) is 12.3. The fraction of sp³-hybridized carbons (Fsp3) is 0.833. The van der Waals surface area contributed by atoms with Crippen molar-refractivity contribution < 1.29 is 8.42 Å². The van der Waals surface area contributed by atoms with Crippen LogP contribution < -0.4 is 10.6 Å². The van der Waals surface area contributed by atoms with E-state index in [0.717, 1.165) is 25.9 Å². The molecule has 112 valence electrons. The summed E-state index contributed by atoms with van der Waals surface area (Å²) in [6, 6.07) is -0.159. The zero-order valence-electron chi connectivity index (χ0n) is 11.5. The van der Waals surface area contributed by atoms with Crippen molar-refractivity contribution >= 4 is 21.7 Å². The molecule has 8 heteroatoms. The van der Waals surface area contributed by atoms with Gasteiger partial charge in [0.25, 0.3) is 0 Å². The second kappa shape index (κ2) is 5.23. The van der Waals surface area contributed by atoms with Gasteiger partial charge in [-0.3, -0.25) is 0 Å². The Kier molecular flexibility index (Phi) is 3.57. The molecular weight excluding hydrogens is 278 g/mol. The summed E-state index contributed by atoms with van der Waals surface area (Å²) in [5.74, 6) is 1.32. The smallest absolute Gasteiger partial charge is 0.246 e. The molecule has 1 aromatic heterocycles. The van der Waals surface area contributed by atoms with Gasteiger partial charge in [0.2, 0.25) is 11.9 Å². The molecule has 1 aromatic rings. The van der Waals surface area contributed by atoms with E-state index in [1.807, 2.05) is 0 Å². The Hall–Kier alpha value is -1.31. The zero-order chi connectivity index (χ0) is 14.2. The summed E-state index contributed by atoms with van der Waals surface area (Å²) in [5.41, 5.74) is 5.92. The van der Waals surface area contributed by atoms with Crippen LogP contribution in [0.25, 0.3) is 0 Å². The van der Waals surface area contributed by atoms with Crippen molar-refractivity contribution in [2.24, 2.45) is 0 Å². The molecule has 2 fully saturated rings. The van der Waals surface area contributed by atoms with Crippen LogP contribution in [-0.4, -0.2) is 47.8 Å². The summed E-state index contributed by atoms with van der Waals surface area (Å²) >= 11 is 0. The lowest BCUT2D eigenvalue weighted by Crippen LogP contribution is -2.25. The Morgan fingerprint density at radius 1 is 1.15 bits per heavy atom. The molecule has 0 aliphatic carbocycles. The number of nitrogens with two attached hydrogens (primary N) is 1. The highest BCUT2D eigenvalue weighted by atomic mass is 32.2. The Bertz CT molecular complexity index is 575. The number of hydrogen-bond acceptors (Lipinski definition) is 6. The Morgan fingerprint density at radius 2 is 1.85 bits per heavy atom. The number of hydrogen-bond donors (Lipinski definition) is 1. The number of aromatic nitrogens is 3. The quantitative estimate of drug-likeness (QED) is 0.859. The summed E-state index contributed by atoms with van der Waals surface area (Å²) in [6.45, 7) is 1.90. The van der Waals surface area contributed by atoms with Gasteiger partial charge in [-0.1, -0.05) is 12.8 Å². The highest BCUT2D eigenvalue weighted by molar-refractivity contribution is 7.91. The summed E-state index contributed by atoms with van der Waals surface area (Å²) in [6.07, 6.45) is 5.36. The first-order valence-electron chi connectivity index (χ1n) is 7.22. The van der Waals surface area contributed by atoms with E-state index in [1.54, 1.807) is 4.68 Å². The van der Waals surface area contributed by atoms with Crippen LogP contribution in [0.5, 0.6) is 0 Å². The van der Waals surface area contributed by atoms with Gasteiger partial charge in [-0.2, -0.15) is 4.98 Å². The molecule has 2 saturated heterocycles. The monoisotopic (exact) mass is 299 g/mol. The summed E-state index contributed by atoms with van der Waals surface area (Å²) in [5, 5.41) is 4.46. The minimum absolute atomic E-state index is 0.125. The highest BCUT2D eigenvalue weighted by Crippen LogP contribution is 2.26. The number of anilines is 2. The standard InChI is InChI=1S/C12H21N5O2S/c13-11-14-12(16-6-3-1-2-4-7-16)15-17(11)10-5-8-20(18,19)9-10/h10H,1-9H2,(H2,13,14,15). The molecule has 2 N–H and O–H groups in total. The molecule has 3 rings (SSSR count). The van der Waals surface area contributed by atoms with Gasteiger partial charge < -0.3 is 10.6 Å². The maximum atomic E-state index is 11.6. The lowest BCUT2D eigenvalue weighted by Gasteiger charge is -2.17. The largest absolute Gasteiger partial charge is 0.368 e. The van der Waals surface area contributed by atoms with E-state index in [9.17, 15) is 8.42 Å². The van der Waals surface area contributed by atoms with Gasteiger partial charge in [0.05, 0.1) is 17.5 Å². The van der Waals surface area contributed by atoms with Crippen molar-refractivity contribution in [3.63, 3.8) is 0 Å². The number of rotatable bonds is 2. The predicted molar refractivity (Wildman–Crippen MR) is 77.4 cm³/mol. The highest BCUT2D eigenvalue weighted by Gasteiger charge is 2.32. The molecule has 0 bridgehead atoms. The van der Waals surface area contributed by atoms with E-state index in [2.05, 4.69) is 15.0 Å². The van der Waals surface area contributed by atoms with E-state index >= 15 is 0 Å². The predicted octanol–water partition coefficient (Wildman–Crippen LogP) is 0.600. The fourth-order valence-electron chi connectivity index (χ4n) is 2.97. The van der Waals surface area contributed by atoms with E-state index in [4.69, 9.17) is 5.73 Å². The molecule has 0 saturated carbocycles. The molecule has 1 unspecified atom stereocenters. The van der Waals surface area contributed by atoms with E-state index in [0.29, 0.717) is 18.3 Å². The minimum atomic E-state index is -2.94. The van der Waals surface area contributed by atoms with E-state index < -0.39 is 9.84 Å². The van der Waals surface area contributed by atoms with Crippen LogP contribution in [0.2, 0.25) is 0 Å². The molecule has 7 nitrogen and oxygen atoms in total. The fourth-order valence-corrected chi connectivity index (χ4v) is 4.66. The molecular formula is C12H21N5O2S. The second-order valence-corrected chi connectivity index (χ2v) is 7.90. The Morgan fingerprint density at radius 3 is 2.45 bits per heavy atom. The summed E-state index contributed by atoms with van der Waals surface area (Å²) < 4.78 is 24.7. The maximum absolute atomic E-state index is 11.6. The number of nitrogens with zero attached hydrogens (tertiary/aromatic N) is 4. The first kappa shape index (κ1) is 13.7. The first-order valence-corrected chi connectivity index (χ1v) is 9.05. The van der Waals surface area contributed by atoms with Crippen molar-refractivity contribution in [1.29, 1.82) is 0 Å². The van der Waals surface area contributed by atoms with Crippen molar-refractivity contribution in [3.8, 4) is 0 Å². The van der Waals surface area contributed by atoms with Gasteiger partial charge in [-0.15, -0.1) is 5.10 Å². The van der Waals surface area contributed by atoms with Gasteiger partial charge in [0.1, 0.15) is 0 Å². The summed E-state index contributed by atoms with van der Waals surface area (Å²) in [4.78, 5) is 6.49. The van der Waals surface area contributed by atoms with Crippen molar-refractivity contribution in [2.45, 2.75) is 38.1 Å². The first-order chi connectivity index (χ1) is 9.55. The average Bonchev–Trinajstić information content (AvgIpc) is 2.82. The molecule has 3 heterocycles. The number of nitrogen functional groups attached to an aromatic ring is 1. The van der Waals surface area contributed by atoms with Crippen LogP contribution in [-0.2, 0) is 9.84 Å². The van der Waals surface area contributed by atoms with Crippen molar-refractivity contribution in [3.05, 3.63) is 0 Å².